The molecule has 2 aliphatic rings. The molecule has 0 fully saturated rings. The van der Waals surface area contributed by atoms with Crippen LogP contribution in [-0.4, -0.2) is 67.6 Å². The van der Waals surface area contributed by atoms with Gasteiger partial charge in [-0.2, -0.15) is 10.5 Å². The second-order valence-corrected chi connectivity index (χ2v) is 17.8. The van der Waals surface area contributed by atoms with Crippen LogP contribution in [0.5, 0.6) is 0 Å². The minimum Gasteiger partial charge on any atom is -0.360 e. The van der Waals surface area contributed by atoms with Crippen molar-refractivity contribution in [3.63, 3.8) is 0 Å². The third-order valence-corrected chi connectivity index (χ3v) is 13.4. The number of fused-ring (bicyclic) bond motifs is 4. The predicted octanol–water partition coefficient (Wildman–Crippen LogP) is 11.5. The highest BCUT2D eigenvalue weighted by molar-refractivity contribution is 9.09. The molecule has 0 saturated heterocycles. The normalized spacial score (nSPS) is 12.7. The van der Waals surface area contributed by atoms with E-state index in [1.54, 1.807) is 72.7 Å². The van der Waals surface area contributed by atoms with Crippen LogP contribution in [0.2, 0.25) is 0 Å². The van der Waals surface area contributed by atoms with Gasteiger partial charge in [0.05, 0.1) is 43.4 Å². The van der Waals surface area contributed by atoms with Gasteiger partial charge >= 0.3 is 0 Å². The number of H-pyrrole nitrogens is 1. The Morgan fingerprint density at radius 2 is 1.13 bits per heavy atom. The second kappa shape index (κ2) is 21.4. The molecule has 320 valence electrons. The van der Waals surface area contributed by atoms with Crippen LogP contribution in [0.3, 0.4) is 0 Å². The first-order valence-electron chi connectivity index (χ1n) is 20.8. The first kappa shape index (κ1) is 46.5. The highest BCUT2D eigenvalue weighted by Crippen LogP contribution is 2.33. The highest BCUT2D eigenvalue weighted by Gasteiger charge is 2.35. The van der Waals surface area contributed by atoms with Gasteiger partial charge in [-0.1, -0.05) is 65.3 Å². The van der Waals surface area contributed by atoms with Crippen molar-refractivity contribution >= 4 is 85.3 Å². The number of unbranched alkanes of at least 4 members (excludes halogenated alkanes) is 4. The number of carbonyl (C=O) groups excluding carboxylic acids is 4. The fraction of sp³-hybridized carbons (Fsp3) is 0.280. The van der Waals surface area contributed by atoms with E-state index in [0.29, 0.717) is 51.0 Å². The maximum atomic E-state index is 12.4. The van der Waals surface area contributed by atoms with E-state index in [-0.39, 0.29) is 23.6 Å². The van der Waals surface area contributed by atoms with Gasteiger partial charge in [0, 0.05) is 52.0 Å². The number of imide groups is 2. The van der Waals surface area contributed by atoms with Crippen LogP contribution in [0.25, 0.3) is 21.8 Å². The number of alkyl halides is 1. The summed E-state index contributed by atoms with van der Waals surface area (Å²) in [5, 5.41) is 21.3. The van der Waals surface area contributed by atoms with Gasteiger partial charge in [0.1, 0.15) is 12.1 Å². The number of amides is 4. The predicted molar refractivity (Wildman–Crippen MR) is 255 cm³/mol. The number of halogens is 1. The lowest BCUT2D eigenvalue weighted by atomic mass is 10.1. The summed E-state index contributed by atoms with van der Waals surface area (Å²) >= 11 is 10.3. The Hall–Kier alpha value is -5.99. The molecule has 4 heterocycles. The zero-order chi connectivity index (χ0) is 45.2. The number of hydrogen-bond donors (Lipinski definition) is 1. The molecule has 63 heavy (non-hydrogen) atoms. The molecule has 1 N–H and O–H groups in total. The summed E-state index contributed by atoms with van der Waals surface area (Å²) in [6.45, 7) is 9.21. The third-order valence-electron chi connectivity index (χ3n) is 11.2. The smallest absolute Gasteiger partial charge is 0.261 e. The van der Waals surface area contributed by atoms with E-state index in [0.717, 1.165) is 76.3 Å². The molecule has 0 unspecified atom stereocenters. The lowest BCUT2D eigenvalue weighted by molar-refractivity contribution is 0.0636. The molecule has 0 bridgehead atoms. The molecule has 0 saturated carbocycles. The lowest BCUT2D eigenvalue weighted by Gasteiger charge is -2.13. The van der Waals surface area contributed by atoms with Crippen molar-refractivity contribution in [1.29, 1.82) is 10.5 Å². The molecule has 0 spiro atoms. The molecule has 10 nitrogen and oxygen atoms in total. The maximum absolute atomic E-state index is 12.4. The fourth-order valence-electron chi connectivity index (χ4n) is 7.38. The Kier molecular flexibility index (Phi) is 15.8. The summed E-state index contributed by atoms with van der Waals surface area (Å²) < 4.78 is 0.634. The number of rotatable bonds is 12. The Bertz CT molecular complexity index is 2830. The molecule has 2 aliphatic heterocycles. The Morgan fingerprint density at radius 1 is 0.651 bits per heavy atom. The van der Waals surface area contributed by atoms with Crippen molar-refractivity contribution in [2.24, 2.45) is 0 Å². The zero-order valence-electron chi connectivity index (χ0n) is 35.7. The number of nitriles is 2. The molecule has 4 aromatic carbocycles. The van der Waals surface area contributed by atoms with Gasteiger partial charge in [0.2, 0.25) is 0 Å². The van der Waals surface area contributed by atoms with E-state index in [4.69, 9.17) is 17.5 Å². The van der Waals surface area contributed by atoms with E-state index in [9.17, 15) is 24.4 Å². The largest absolute Gasteiger partial charge is 0.360 e. The average Bonchev–Trinajstić information content (AvgIpc) is 3.68. The van der Waals surface area contributed by atoms with Crippen LogP contribution >= 0.6 is 39.9 Å². The summed E-state index contributed by atoms with van der Waals surface area (Å²) in [7, 11) is 0. The molecule has 0 radical (unpaired) electrons. The van der Waals surface area contributed by atoms with Crippen LogP contribution in [0.15, 0.2) is 90.1 Å². The van der Waals surface area contributed by atoms with Crippen LogP contribution in [0.4, 0.5) is 0 Å². The molecule has 6 aromatic rings. The van der Waals surface area contributed by atoms with Gasteiger partial charge in [-0.15, -0.1) is 11.8 Å². The number of nitrogens with one attached hydrogen (secondary N) is 1. The van der Waals surface area contributed by atoms with Gasteiger partial charge in [0.15, 0.2) is 0 Å². The van der Waals surface area contributed by atoms with Crippen LogP contribution in [0, 0.1) is 54.9 Å². The number of pyridine rings is 2. The number of thioether (sulfide) groups is 1. The molecule has 0 atom stereocenters. The minimum atomic E-state index is -0.192. The number of aryl methyl sites for hydroxylation is 4. The van der Waals surface area contributed by atoms with E-state index >= 15 is 0 Å². The zero-order valence-corrected chi connectivity index (χ0v) is 38.9. The van der Waals surface area contributed by atoms with E-state index in [1.165, 1.54) is 32.1 Å². The fourth-order valence-corrected chi connectivity index (χ4v) is 9.17. The van der Waals surface area contributed by atoms with Gasteiger partial charge in [-0.05, 0) is 130 Å². The SMILES string of the molecule is Cc1cc2[nH]cc(C#N)c(=S)c2cc1C.Cc1cc2ncc(C#N)c(SCCCCCN3C(=O)c4ccccc4C3=O)c2cc1C.O=C1c2ccccc2C(=O)N1CCCCCBr. The first-order chi connectivity index (χ1) is 30.4. The van der Waals surface area contributed by atoms with Crippen molar-refractivity contribution in [2.45, 2.75) is 71.1 Å². The highest BCUT2D eigenvalue weighted by atomic mass is 79.9. The summed E-state index contributed by atoms with van der Waals surface area (Å²) in [5.41, 5.74) is 9.90. The number of aromatic nitrogens is 2. The van der Waals surface area contributed by atoms with Crippen LogP contribution in [0.1, 0.15) is 113 Å². The summed E-state index contributed by atoms with van der Waals surface area (Å²) in [6.07, 6.45) is 8.91. The Morgan fingerprint density at radius 3 is 1.63 bits per heavy atom. The number of carbonyl (C=O) groups is 4. The average molecular weight is 940 g/mol. The van der Waals surface area contributed by atoms with E-state index < -0.39 is 0 Å². The van der Waals surface area contributed by atoms with Crippen LogP contribution < -0.4 is 0 Å². The molecule has 2 aromatic heterocycles. The second-order valence-electron chi connectivity index (χ2n) is 15.5. The number of hydrogen-bond acceptors (Lipinski definition) is 9. The molecule has 0 aliphatic carbocycles. The number of benzene rings is 4. The summed E-state index contributed by atoms with van der Waals surface area (Å²) in [4.78, 5) is 60.0. The summed E-state index contributed by atoms with van der Waals surface area (Å²) in [6, 6.07) is 26.6. The molecule has 4 amide bonds. The summed E-state index contributed by atoms with van der Waals surface area (Å²) in [5.74, 6) is 0.182. The minimum absolute atomic E-state index is 0.149. The molecule has 13 heteroatoms. The van der Waals surface area contributed by atoms with Crippen molar-refractivity contribution in [2.75, 3.05) is 24.2 Å². The van der Waals surface area contributed by atoms with Crippen molar-refractivity contribution < 1.29 is 19.2 Å². The maximum Gasteiger partial charge on any atom is 0.261 e. The third kappa shape index (κ3) is 10.5. The van der Waals surface area contributed by atoms with Gasteiger partial charge in [-0.25, -0.2) is 0 Å². The lowest BCUT2D eigenvalue weighted by Crippen LogP contribution is -2.30. The Balaban J connectivity index is 0.000000174. The van der Waals surface area contributed by atoms with Crippen LogP contribution in [-0.2, 0) is 0 Å². The number of aromatic amines is 1. The van der Waals surface area contributed by atoms with E-state index in [2.05, 4.69) is 77.0 Å². The van der Waals surface area contributed by atoms with Gasteiger partial charge < -0.3 is 4.98 Å². The Labute approximate surface area is 385 Å². The molecular weight excluding hydrogens is 893 g/mol. The quantitative estimate of drug-likeness (QED) is 0.0416. The standard InChI is InChI=1S/C25H23N3O2S.C13H14BrNO2.C12H10N2S/c1-16-12-21-22(13-17(16)2)27-15-18(14-26)23(21)31-11-7-3-6-10-28-24(29)19-8-4-5-9-20(19)25(28)30;14-8-4-1-5-9-15-12(16)10-6-2-3-7-11(10)13(15)17;1-7-3-10-11(4-8(7)2)14-6-9(5-13)12(10)15/h4-5,8-9,12-13,15H,3,6-7,10-11H2,1-2H3;2-3,6-7H,1,4-5,8-9H2;3-4,6H,1-2H3,(H,14,15). The molecular formula is C50H47BrN6O4S2. The van der Waals surface area contributed by atoms with Crippen molar-refractivity contribution in [3.05, 3.63) is 145 Å². The van der Waals surface area contributed by atoms with Gasteiger partial charge in [-0.3, -0.25) is 34.0 Å². The topological polar surface area (TPSA) is 151 Å². The monoisotopic (exact) mass is 938 g/mol. The first-order valence-corrected chi connectivity index (χ1v) is 23.3. The molecule has 8 rings (SSSR count). The van der Waals surface area contributed by atoms with Gasteiger partial charge in [0.25, 0.3) is 23.6 Å². The number of nitrogens with zero attached hydrogens (tertiary/aromatic N) is 5. The van der Waals surface area contributed by atoms with Crippen molar-refractivity contribution in [3.8, 4) is 12.1 Å². The van der Waals surface area contributed by atoms with E-state index in [1.807, 2.05) is 13.0 Å². The van der Waals surface area contributed by atoms with Crippen molar-refractivity contribution in [1.82, 2.24) is 19.8 Å².